The zero-order valence-corrected chi connectivity index (χ0v) is 18.1. The average Bonchev–Trinajstić information content (AvgIpc) is 3.04. The molecule has 1 N–H and O–H groups in total. The van der Waals surface area contributed by atoms with Crippen LogP contribution in [0.5, 0.6) is 17.2 Å². The highest BCUT2D eigenvalue weighted by Gasteiger charge is 2.18. The number of amides is 1. The summed E-state index contributed by atoms with van der Waals surface area (Å²) in [7, 11) is 1.64. The summed E-state index contributed by atoms with van der Waals surface area (Å²) in [6, 6.07) is 15.1. The van der Waals surface area contributed by atoms with E-state index in [1.165, 1.54) is 0 Å². The Morgan fingerprint density at radius 2 is 1.60 bits per heavy atom. The van der Waals surface area contributed by atoms with Crippen molar-refractivity contribution in [2.75, 3.05) is 25.6 Å². The monoisotopic (exact) mass is 408 g/mol. The normalized spacial score (nSPS) is 10.6. The topological polar surface area (TPSA) is 61.7 Å². The molecule has 0 atom stereocenters. The molecule has 0 fully saturated rings. The Kier molecular flexibility index (Phi) is 6.67. The molecule has 2 aromatic carbocycles. The quantitative estimate of drug-likeness (QED) is 0.560. The van der Waals surface area contributed by atoms with Gasteiger partial charge in [-0.15, -0.1) is 0 Å². The van der Waals surface area contributed by atoms with Crippen molar-refractivity contribution in [2.45, 2.75) is 27.7 Å². The van der Waals surface area contributed by atoms with Crippen molar-refractivity contribution in [3.8, 4) is 22.9 Å². The smallest absolute Gasteiger partial charge is 0.257 e. The van der Waals surface area contributed by atoms with Crippen LogP contribution in [0.2, 0.25) is 0 Å². The largest absolute Gasteiger partial charge is 0.497 e. The van der Waals surface area contributed by atoms with Crippen molar-refractivity contribution in [3.05, 3.63) is 65.5 Å². The standard InChI is InChI=1S/C24H28N2O4/c1-6-29-20-12-13-23(30-7-2)22(15-20)25-24(27)21-14-16(3)26(17(21)4)18-8-10-19(28-5)11-9-18/h8-15H,6-7H2,1-5H3,(H,25,27). The van der Waals surface area contributed by atoms with Crippen molar-refractivity contribution in [1.82, 2.24) is 4.57 Å². The van der Waals surface area contributed by atoms with Crippen molar-refractivity contribution in [1.29, 1.82) is 0 Å². The van der Waals surface area contributed by atoms with Gasteiger partial charge in [-0.05, 0) is 70.2 Å². The summed E-state index contributed by atoms with van der Waals surface area (Å²) >= 11 is 0. The molecule has 0 radical (unpaired) electrons. The van der Waals surface area contributed by atoms with Gasteiger partial charge in [-0.25, -0.2) is 0 Å². The van der Waals surface area contributed by atoms with Crippen LogP contribution in [0, 0.1) is 13.8 Å². The van der Waals surface area contributed by atoms with Gasteiger partial charge >= 0.3 is 0 Å². The first kappa shape index (κ1) is 21.3. The van der Waals surface area contributed by atoms with Crippen LogP contribution in [0.4, 0.5) is 5.69 Å². The number of aryl methyl sites for hydroxylation is 1. The molecule has 3 aromatic rings. The summed E-state index contributed by atoms with van der Waals surface area (Å²) in [6.07, 6.45) is 0. The Bertz CT molecular complexity index is 1020. The van der Waals surface area contributed by atoms with E-state index in [0.29, 0.717) is 36.0 Å². The van der Waals surface area contributed by atoms with Gasteiger partial charge in [-0.1, -0.05) is 0 Å². The first-order valence-corrected chi connectivity index (χ1v) is 10.0. The van der Waals surface area contributed by atoms with E-state index in [1.54, 1.807) is 13.2 Å². The fourth-order valence-electron chi connectivity index (χ4n) is 3.46. The second-order valence-electron chi connectivity index (χ2n) is 6.80. The Morgan fingerprint density at radius 1 is 0.933 bits per heavy atom. The van der Waals surface area contributed by atoms with Crippen molar-refractivity contribution >= 4 is 11.6 Å². The molecule has 0 bridgehead atoms. The average molecular weight is 408 g/mol. The second-order valence-corrected chi connectivity index (χ2v) is 6.80. The van der Waals surface area contributed by atoms with Crippen LogP contribution in [0.3, 0.4) is 0 Å². The zero-order valence-electron chi connectivity index (χ0n) is 18.1. The molecule has 0 saturated carbocycles. The summed E-state index contributed by atoms with van der Waals surface area (Å²) in [5.74, 6) is 1.88. The van der Waals surface area contributed by atoms with Gasteiger partial charge in [0.05, 0.1) is 31.6 Å². The molecular weight excluding hydrogens is 380 g/mol. The number of hydrogen-bond donors (Lipinski definition) is 1. The van der Waals surface area contributed by atoms with E-state index < -0.39 is 0 Å². The Morgan fingerprint density at radius 3 is 2.23 bits per heavy atom. The highest BCUT2D eigenvalue weighted by Crippen LogP contribution is 2.31. The number of aromatic nitrogens is 1. The third kappa shape index (κ3) is 4.43. The number of anilines is 1. The molecule has 0 aliphatic heterocycles. The van der Waals surface area contributed by atoms with Crippen LogP contribution in [-0.4, -0.2) is 30.8 Å². The van der Waals surface area contributed by atoms with Gasteiger partial charge in [0.25, 0.3) is 5.91 Å². The molecule has 1 heterocycles. The highest BCUT2D eigenvalue weighted by atomic mass is 16.5. The number of carbonyl (C=O) groups excluding carboxylic acids is 1. The first-order valence-electron chi connectivity index (χ1n) is 10.0. The maximum atomic E-state index is 13.1. The minimum Gasteiger partial charge on any atom is -0.497 e. The number of nitrogens with one attached hydrogen (secondary N) is 1. The predicted octanol–water partition coefficient (Wildman–Crippen LogP) is 5.15. The molecule has 1 amide bonds. The van der Waals surface area contributed by atoms with E-state index in [9.17, 15) is 4.79 Å². The lowest BCUT2D eigenvalue weighted by Crippen LogP contribution is -2.14. The van der Waals surface area contributed by atoms with E-state index in [2.05, 4.69) is 9.88 Å². The molecular formula is C24H28N2O4. The van der Waals surface area contributed by atoms with Crippen LogP contribution in [0.1, 0.15) is 35.6 Å². The van der Waals surface area contributed by atoms with Gasteiger partial charge in [0.15, 0.2) is 0 Å². The second kappa shape index (κ2) is 9.39. The number of ether oxygens (including phenoxy) is 3. The maximum Gasteiger partial charge on any atom is 0.257 e. The van der Waals surface area contributed by atoms with Crippen LogP contribution in [0.25, 0.3) is 5.69 Å². The predicted molar refractivity (Wildman–Crippen MR) is 119 cm³/mol. The van der Waals surface area contributed by atoms with Crippen LogP contribution < -0.4 is 19.5 Å². The number of nitrogens with zero attached hydrogens (tertiary/aromatic N) is 1. The fourth-order valence-corrected chi connectivity index (χ4v) is 3.46. The van der Waals surface area contributed by atoms with E-state index in [0.717, 1.165) is 22.8 Å². The molecule has 0 unspecified atom stereocenters. The van der Waals surface area contributed by atoms with E-state index in [4.69, 9.17) is 14.2 Å². The van der Waals surface area contributed by atoms with Crippen molar-refractivity contribution < 1.29 is 19.0 Å². The minimum atomic E-state index is -0.197. The van der Waals surface area contributed by atoms with Gasteiger partial charge in [0, 0.05) is 23.1 Å². The molecule has 158 valence electrons. The van der Waals surface area contributed by atoms with E-state index >= 15 is 0 Å². The fraction of sp³-hybridized carbons (Fsp3) is 0.292. The lowest BCUT2D eigenvalue weighted by atomic mass is 10.2. The number of carbonyl (C=O) groups is 1. The molecule has 6 nitrogen and oxygen atoms in total. The van der Waals surface area contributed by atoms with E-state index in [1.807, 2.05) is 70.2 Å². The third-order valence-electron chi connectivity index (χ3n) is 4.82. The summed E-state index contributed by atoms with van der Waals surface area (Å²) < 4.78 is 18.5. The molecule has 1 aromatic heterocycles. The summed E-state index contributed by atoms with van der Waals surface area (Å²) in [4.78, 5) is 13.1. The van der Waals surface area contributed by atoms with Gasteiger partial charge in [-0.2, -0.15) is 0 Å². The Labute approximate surface area is 177 Å². The zero-order chi connectivity index (χ0) is 21.7. The highest BCUT2D eigenvalue weighted by molar-refractivity contribution is 6.06. The van der Waals surface area contributed by atoms with Gasteiger partial charge in [-0.3, -0.25) is 4.79 Å². The van der Waals surface area contributed by atoms with Gasteiger partial charge < -0.3 is 24.1 Å². The number of benzene rings is 2. The Hall–Kier alpha value is -3.41. The van der Waals surface area contributed by atoms with E-state index in [-0.39, 0.29) is 5.91 Å². The minimum absolute atomic E-state index is 0.197. The lowest BCUT2D eigenvalue weighted by molar-refractivity contribution is 0.102. The van der Waals surface area contributed by atoms with Crippen molar-refractivity contribution in [2.24, 2.45) is 0 Å². The molecule has 0 spiro atoms. The molecule has 0 aliphatic carbocycles. The van der Waals surface area contributed by atoms with Crippen LogP contribution in [-0.2, 0) is 0 Å². The van der Waals surface area contributed by atoms with Crippen LogP contribution >= 0.6 is 0 Å². The summed E-state index contributed by atoms with van der Waals surface area (Å²) in [5, 5.41) is 2.98. The molecule has 30 heavy (non-hydrogen) atoms. The Balaban J connectivity index is 1.92. The summed E-state index contributed by atoms with van der Waals surface area (Å²) in [6.45, 7) is 8.79. The number of hydrogen-bond acceptors (Lipinski definition) is 4. The maximum absolute atomic E-state index is 13.1. The molecule has 0 saturated heterocycles. The third-order valence-corrected chi connectivity index (χ3v) is 4.82. The van der Waals surface area contributed by atoms with Gasteiger partial charge in [0.2, 0.25) is 0 Å². The number of rotatable bonds is 8. The molecule has 6 heteroatoms. The van der Waals surface area contributed by atoms with Gasteiger partial charge in [0.1, 0.15) is 17.2 Å². The lowest BCUT2D eigenvalue weighted by Gasteiger charge is -2.14. The molecule has 3 rings (SSSR count). The van der Waals surface area contributed by atoms with Crippen LogP contribution in [0.15, 0.2) is 48.5 Å². The van der Waals surface area contributed by atoms with Crippen molar-refractivity contribution in [3.63, 3.8) is 0 Å². The first-order chi connectivity index (χ1) is 14.5. The number of methoxy groups -OCH3 is 1. The summed E-state index contributed by atoms with van der Waals surface area (Å²) in [5.41, 5.74) is 3.98. The molecule has 0 aliphatic rings. The SMILES string of the molecule is CCOc1ccc(OCC)c(NC(=O)c2cc(C)n(-c3ccc(OC)cc3)c2C)c1.